The molecule has 1 aromatic heterocycles. The fourth-order valence-corrected chi connectivity index (χ4v) is 3.76. The summed E-state index contributed by atoms with van der Waals surface area (Å²) in [5, 5.41) is 5.27. The van der Waals surface area contributed by atoms with Crippen LogP contribution in [0.3, 0.4) is 0 Å². The predicted octanol–water partition coefficient (Wildman–Crippen LogP) is 5.67. The quantitative estimate of drug-likeness (QED) is 0.472. The Kier molecular flexibility index (Phi) is 7.43. The zero-order valence-electron chi connectivity index (χ0n) is 18.5. The second-order valence-corrected chi connectivity index (χ2v) is 8.97. The number of hydrogen-bond donors (Lipinski definition) is 1. The van der Waals surface area contributed by atoms with Crippen LogP contribution in [0.2, 0.25) is 0 Å². The van der Waals surface area contributed by atoms with Gasteiger partial charge >= 0.3 is 6.09 Å². The summed E-state index contributed by atoms with van der Waals surface area (Å²) in [7, 11) is 0. The monoisotopic (exact) mass is 449 g/mol. The number of nitrogens with zero attached hydrogens (tertiary/aromatic N) is 2. The fraction of sp³-hybridized carbons (Fsp3) is 0.240. The second kappa shape index (κ2) is 10.2. The van der Waals surface area contributed by atoms with Crippen LogP contribution in [-0.4, -0.2) is 29.1 Å². The normalized spacial score (nSPS) is 11.0. The summed E-state index contributed by atoms with van der Waals surface area (Å²) in [6, 6.07) is 17.0. The number of anilines is 1. The average Bonchev–Trinajstić information content (AvgIpc) is 3.25. The number of aromatic nitrogens is 1. The molecule has 32 heavy (non-hydrogen) atoms. The van der Waals surface area contributed by atoms with Gasteiger partial charge in [-0.2, -0.15) is 0 Å². The van der Waals surface area contributed by atoms with Crippen LogP contribution in [0.1, 0.15) is 36.7 Å². The molecule has 1 heterocycles. The number of nitrogens with one attached hydrogen (secondary N) is 1. The van der Waals surface area contributed by atoms with Crippen molar-refractivity contribution in [1.29, 1.82) is 0 Å². The number of amides is 2. The van der Waals surface area contributed by atoms with E-state index < -0.39 is 11.7 Å². The van der Waals surface area contributed by atoms with E-state index >= 15 is 0 Å². The summed E-state index contributed by atoms with van der Waals surface area (Å²) in [5.41, 5.74) is 2.68. The zero-order valence-corrected chi connectivity index (χ0v) is 19.3. The lowest BCUT2D eigenvalue weighted by Gasteiger charge is -2.20. The topological polar surface area (TPSA) is 71.5 Å². The van der Waals surface area contributed by atoms with E-state index in [0.717, 1.165) is 16.8 Å². The van der Waals surface area contributed by atoms with Gasteiger partial charge in [0.25, 0.3) is 5.91 Å². The molecule has 3 rings (SSSR count). The summed E-state index contributed by atoms with van der Waals surface area (Å²) in [5.74, 6) is -0.162. The van der Waals surface area contributed by atoms with Gasteiger partial charge in [-0.3, -0.25) is 9.69 Å². The Bertz CT molecular complexity index is 1070. The molecular formula is C25H27N3O3S. The number of carbonyl (C=O) groups excluding carboxylic acids is 2. The molecule has 0 bridgehead atoms. The van der Waals surface area contributed by atoms with Gasteiger partial charge in [-0.25, -0.2) is 9.78 Å². The molecule has 2 amide bonds. The lowest BCUT2D eigenvalue weighted by atomic mass is 10.1. The minimum atomic E-state index is -0.550. The van der Waals surface area contributed by atoms with Gasteiger partial charge in [-0.1, -0.05) is 48.5 Å². The van der Waals surface area contributed by atoms with Gasteiger partial charge in [-0.15, -0.1) is 17.9 Å². The molecule has 0 aliphatic heterocycles. The van der Waals surface area contributed by atoms with Crippen molar-refractivity contribution in [3.05, 3.63) is 83.8 Å². The summed E-state index contributed by atoms with van der Waals surface area (Å²) >= 11 is 1.42. The molecule has 7 heteroatoms. The number of alkyl carbamates (subject to hydrolysis) is 1. The first-order valence-electron chi connectivity index (χ1n) is 10.3. The Labute approximate surface area is 192 Å². The predicted molar refractivity (Wildman–Crippen MR) is 129 cm³/mol. The third-order valence-corrected chi connectivity index (χ3v) is 5.25. The lowest BCUT2D eigenvalue weighted by molar-refractivity contribution is 0.0523. The van der Waals surface area contributed by atoms with E-state index in [1.165, 1.54) is 11.3 Å². The van der Waals surface area contributed by atoms with Crippen molar-refractivity contribution >= 4 is 28.5 Å². The molecule has 166 valence electrons. The minimum Gasteiger partial charge on any atom is -0.444 e. The first-order valence-corrected chi connectivity index (χ1v) is 11.1. The van der Waals surface area contributed by atoms with Gasteiger partial charge in [0, 0.05) is 29.6 Å². The van der Waals surface area contributed by atoms with Crippen LogP contribution in [-0.2, 0) is 11.3 Å². The Morgan fingerprint density at radius 3 is 2.44 bits per heavy atom. The van der Waals surface area contributed by atoms with Gasteiger partial charge in [0.05, 0.1) is 5.69 Å². The summed E-state index contributed by atoms with van der Waals surface area (Å²) in [4.78, 5) is 31.3. The van der Waals surface area contributed by atoms with Crippen LogP contribution in [0.25, 0.3) is 11.3 Å². The smallest absolute Gasteiger partial charge is 0.407 e. The van der Waals surface area contributed by atoms with E-state index in [9.17, 15) is 9.59 Å². The first kappa shape index (κ1) is 23.2. The average molecular weight is 450 g/mol. The molecule has 0 spiro atoms. The highest BCUT2D eigenvalue weighted by Gasteiger charge is 2.20. The van der Waals surface area contributed by atoms with Gasteiger partial charge in [0.2, 0.25) is 0 Å². The highest BCUT2D eigenvalue weighted by atomic mass is 32.1. The van der Waals surface area contributed by atoms with Gasteiger partial charge < -0.3 is 10.1 Å². The SMILES string of the molecule is C=CCN(C(=O)c1ccc(CNC(=O)OC(C)(C)C)cc1)c1nc(-c2ccccc2)cs1. The molecule has 3 aromatic rings. The maximum Gasteiger partial charge on any atom is 0.407 e. The van der Waals surface area contributed by atoms with E-state index in [4.69, 9.17) is 4.74 Å². The molecule has 0 radical (unpaired) electrons. The van der Waals surface area contributed by atoms with Gasteiger partial charge in [-0.05, 0) is 38.5 Å². The number of thiazole rings is 1. The van der Waals surface area contributed by atoms with E-state index in [0.29, 0.717) is 23.8 Å². The molecule has 0 saturated heterocycles. The van der Waals surface area contributed by atoms with E-state index in [1.807, 2.05) is 68.6 Å². The molecule has 0 unspecified atom stereocenters. The third kappa shape index (κ3) is 6.28. The maximum atomic E-state index is 13.2. The number of hydrogen-bond acceptors (Lipinski definition) is 5. The molecular weight excluding hydrogens is 422 g/mol. The molecule has 0 atom stereocenters. The second-order valence-electron chi connectivity index (χ2n) is 8.14. The standard InChI is InChI=1S/C25H27N3O3S/c1-5-15-28(23-27-21(17-32-23)19-9-7-6-8-10-19)22(29)20-13-11-18(12-14-20)16-26-24(30)31-25(2,3)4/h5-14,17H,1,15-16H2,2-4H3,(H,26,30). The number of ether oxygens (including phenoxy) is 1. The Morgan fingerprint density at radius 1 is 1.12 bits per heavy atom. The molecule has 0 aliphatic carbocycles. The summed E-state index contributed by atoms with van der Waals surface area (Å²) in [6.07, 6.45) is 1.20. The van der Waals surface area contributed by atoms with E-state index in [2.05, 4.69) is 16.9 Å². The molecule has 0 fully saturated rings. The van der Waals surface area contributed by atoms with E-state index in [-0.39, 0.29) is 5.91 Å². The Balaban J connectivity index is 1.69. The van der Waals surface area contributed by atoms with Crippen molar-refractivity contribution in [2.24, 2.45) is 0 Å². The maximum absolute atomic E-state index is 13.2. The molecule has 6 nitrogen and oxygen atoms in total. The fourth-order valence-electron chi connectivity index (χ4n) is 2.92. The van der Waals surface area contributed by atoms with Crippen LogP contribution < -0.4 is 10.2 Å². The number of carbonyl (C=O) groups is 2. The number of rotatable bonds is 7. The number of benzene rings is 2. The van der Waals surface area contributed by atoms with Gasteiger partial charge in [0.15, 0.2) is 5.13 Å². The first-order chi connectivity index (χ1) is 15.3. The van der Waals surface area contributed by atoms with Crippen LogP contribution in [0.15, 0.2) is 72.6 Å². The Hall–Kier alpha value is -3.45. The highest BCUT2D eigenvalue weighted by molar-refractivity contribution is 7.14. The molecule has 0 aliphatic rings. The molecule has 2 aromatic carbocycles. The highest BCUT2D eigenvalue weighted by Crippen LogP contribution is 2.28. The minimum absolute atomic E-state index is 0.162. The van der Waals surface area contributed by atoms with Crippen molar-refractivity contribution in [1.82, 2.24) is 10.3 Å². The molecule has 1 N–H and O–H groups in total. The largest absolute Gasteiger partial charge is 0.444 e. The van der Waals surface area contributed by atoms with Crippen LogP contribution in [0.4, 0.5) is 9.93 Å². The Morgan fingerprint density at radius 2 is 1.81 bits per heavy atom. The summed E-state index contributed by atoms with van der Waals surface area (Å²) < 4.78 is 5.24. The molecule has 0 saturated carbocycles. The van der Waals surface area contributed by atoms with Crippen molar-refractivity contribution < 1.29 is 14.3 Å². The summed E-state index contributed by atoms with van der Waals surface area (Å²) in [6.45, 7) is 9.88. The zero-order chi connectivity index (χ0) is 23.1. The van der Waals surface area contributed by atoms with Crippen molar-refractivity contribution in [3.8, 4) is 11.3 Å². The van der Waals surface area contributed by atoms with Crippen molar-refractivity contribution in [2.75, 3.05) is 11.4 Å². The van der Waals surface area contributed by atoms with Crippen LogP contribution in [0, 0.1) is 0 Å². The van der Waals surface area contributed by atoms with Crippen LogP contribution >= 0.6 is 11.3 Å². The third-order valence-electron chi connectivity index (χ3n) is 4.39. The van der Waals surface area contributed by atoms with Crippen molar-refractivity contribution in [3.63, 3.8) is 0 Å². The van der Waals surface area contributed by atoms with Crippen LogP contribution in [0.5, 0.6) is 0 Å². The lowest BCUT2D eigenvalue weighted by Crippen LogP contribution is -2.32. The van der Waals surface area contributed by atoms with Crippen molar-refractivity contribution in [2.45, 2.75) is 32.9 Å². The van der Waals surface area contributed by atoms with Gasteiger partial charge in [0.1, 0.15) is 5.60 Å². The van der Waals surface area contributed by atoms with E-state index in [1.54, 1.807) is 23.1 Å².